The van der Waals surface area contributed by atoms with Gasteiger partial charge >= 0.3 is 0 Å². The summed E-state index contributed by atoms with van der Waals surface area (Å²) in [7, 11) is 0. The van der Waals surface area contributed by atoms with Crippen molar-refractivity contribution in [3.05, 3.63) is 41.2 Å². The molecule has 70 valence electrons. The Balaban J connectivity index is 2.37. The zero-order chi connectivity index (χ0) is 9.97. The summed E-state index contributed by atoms with van der Waals surface area (Å²) in [5.41, 5.74) is 0.432. The molecular weight excluding hydrogens is 204 g/mol. The topological polar surface area (TPSA) is 71.5 Å². The van der Waals surface area contributed by atoms with Crippen LogP contribution < -0.4 is 0 Å². The Kier molecular flexibility index (Phi) is 2.24. The average Bonchev–Trinajstić information content (AvgIpc) is 2.69. The van der Waals surface area contributed by atoms with Crippen molar-refractivity contribution in [2.75, 3.05) is 0 Å². The van der Waals surface area contributed by atoms with Crippen LogP contribution in [0.2, 0.25) is 5.15 Å². The number of hydrogen-bond acceptors (Lipinski definition) is 4. The molecule has 2 aromatic rings. The molecule has 0 aromatic carbocycles. The Morgan fingerprint density at radius 3 is 2.93 bits per heavy atom. The lowest BCUT2D eigenvalue weighted by Crippen LogP contribution is -2.03. The summed E-state index contributed by atoms with van der Waals surface area (Å²) >= 11 is 5.64. The maximum Gasteiger partial charge on any atom is 0.229 e. The second-order valence-electron chi connectivity index (χ2n) is 2.53. The van der Waals surface area contributed by atoms with Crippen molar-refractivity contribution in [3.8, 4) is 0 Å². The van der Waals surface area contributed by atoms with E-state index in [1.807, 2.05) is 0 Å². The molecule has 1 N–H and O–H groups in total. The van der Waals surface area contributed by atoms with Gasteiger partial charge in [0.25, 0.3) is 0 Å². The Morgan fingerprint density at radius 2 is 2.29 bits per heavy atom. The van der Waals surface area contributed by atoms with E-state index in [0.717, 1.165) is 0 Å². The van der Waals surface area contributed by atoms with Gasteiger partial charge in [0.05, 0.1) is 0 Å². The number of carbonyl (C=O) groups excluding carboxylic acids is 1. The van der Waals surface area contributed by atoms with Gasteiger partial charge in [-0.2, -0.15) is 5.10 Å². The zero-order valence-electron chi connectivity index (χ0n) is 6.94. The first-order valence-corrected chi connectivity index (χ1v) is 4.17. The maximum atomic E-state index is 11.6. The lowest BCUT2D eigenvalue weighted by Gasteiger charge is -1.96. The predicted molar refractivity (Wildman–Crippen MR) is 49.1 cm³/mol. The van der Waals surface area contributed by atoms with E-state index in [-0.39, 0.29) is 16.8 Å². The fraction of sp³-hybridized carbons (Fsp3) is 0. The van der Waals surface area contributed by atoms with Crippen molar-refractivity contribution < 1.29 is 4.79 Å². The molecule has 2 rings (SSSR count). The number of nitrogens with one attached hydrogen (secondary N) is 1. The number of nitrogens with zero attached hydrogens (tertiary/aromatic N) is 3. The van der Waals surface area contributed by atoms with Crippen LogP contribution in [0.15, 0.2) is 24.7 Å². The van der Waals surface area contributed by atoms with Crippen LogP contribution in [0.1, 0.15) is 16.2 Å². The van der Waals surface area contributed by atoms with Crippen LogP contribution in [0.5, 0.6) is 0 Å². The predicted octanol–water partition coefficient (Wildman–Crippen LogP) is 1.08. The average molecular weight is 209 g/mol. The van der Waals surface area contributed by atoms with Crippen molar-refractivity contribution in [2.45, 2.75) is 0 Å². The molecule has 0 spiro atoms. The molecule has 0 saturated carbocycles. The van der Waals surface area contributed by atoms with Gasteiger partial charge in [-0.3, -0.25) is 9.89 Å². The minimum atomic E-state index is -0.258. The van der Waals surface area contributed by atoms with Gasteiger partial charge in [-0.1, -0.05) is 11.6 Å². The van der Waals surface area contributed by atoms with Crippen LogP contribution in [0.25, 0.3) is 0 Å². The molecule has 0 amide bonds. The maximum absolute atomic E-state index is 11.6. The summed E-state index contributed by atoms with van der Waals surface area (Å²) in [6.45, 7) is 0. The molecule has 0 fully saturated rings. The quantitative estimate of drug-likeness (QED) is 0.592. The van der Waals surface area contributed by atoms with Gasteiger partial charge in [0.1, 0.15) is 11.5 Å². The summed E-state index contributed by atoms with van der Waals surface area (Å²) in [5, 5.41) is 6.34. The Labute approximate surface area is 84.2 Å². The fourth-order valence-corrected chi connectivity index (χ4v) is 1.17. The highest BCUT2D eigenvalue weighted by Crippen LogP contribution is 2.09. The van der Waals surface area contributed by atoms with Crippen molar-refractivity contribution in [1.82, 2.24) is 20.2 Å². The van der Waals surface area contributed by atoms with Crippen LogP contribution >= 0.6 is 11.6 Å². The number of halogens is 1. The Bertz CT molecular complexity index is 454. The number of pyridine rings is 1. The normalized spacial score (nSPS) is 10.1. The number of hydrogen-bond donors (Lipinski definition) is 1. The molecule has 2 aromatic heterocycles. The smallest absolute Gasteiger partial charge is 0.229 e. The summed E-state index contributed by atoms with van der Waals surface area (Å²) in [6.07, 6.45) is 2.74. The molecule has 0 bridgehead atoms. The van der Waals surface area contributed by atoms with E-state index in [1.54, 1.807) is 6.07 Å². The van der Waals surface area contributed by atoms with E-state index in [9.17, 15) is 4.79 Å². The molecule has 0 aliphatic carbocycles. The van der Waals surface area contributed by atoms with Gasteiger partial charge < -0.3 is 0 Å². The summed E-state index contributed by atoms with van der Waals surface area (Å²) in [6, 6.07) is 3.04. The van der Waals surface area contributed by atoms with E-state index < -0.39 is 0 Å². The van der Waals surface area contributed by atoms with Crippen molar-refractivity contribution in [1.29, 1.82) is 0 Å². The Morgan fingerprint density at radius 1 is 1.43 bits per heavy atom. The van der Waals surface area contributed by atoms with Crippen LogP contribution in [0.3, 0.4) is 0 Å². The number of carbonyl (C=O) groups is 1. The van der Waals surface area contributed by atoms with E-state index >= 15 is 0 Å². The first kappa shape index (κ1) is 8.83. The number of H-pyrrole nitrogens is 1. The number of rotatable bonds is 2. The fourth-order valence-electron chi connectivity index (χ4n) is 0.995. The molecular formula is C8H5ClN4O. The first-order valence-electron chi connectivity index (χ1n) is 3.79. The standard InChI is InChI=1S/C8H5ClN4O/c9-6-3-5(1-2-10-6)7(14)8-11-4-12-13-8/h1-4H,(H,11,12,13). The lowest BCUT2D eigenvalue weighted by atomic mass is 10.2. The molecule has 6 heteroatoms. The minimum Gasteiger partial charge on any atom is -0.285 e. The number of aromatic amines is 1. The summed E-state index contributed by atoms with van der Waals surface area (Å²) in [5.74, 6) is -0.0703. The number of aromatic nitrogens is 4. The van der Waals surface area contributed by atoms with Crippen LogP contribution in [0.4, 0.5) is 0 Å². The van der Waals surface area contributed by atoms with Gasteiger partial charge in [-0.15, -0.1) is 0 Å². The highest BCUT2D eigenvalue weighted by Gasteiger charge is 2.11. The molecule has 0 radical (unpaired) electrons. The SMILES string of the molecule is O=C(c1ccnc(Cl)c1)c1ncn[nH]1. The summed E-state index contributed by atoms with van der Waals surface area (Å²) < 4.78 is 0. The molecule has 0 saturated heterocycles. The van der Waals surface area contributed by atoms with Gasteiger partial charge in [0.15, 0.2) is 5.82 Å². The monoisotopic (exact) mass is 208 g/mol. The molecule has 0 aliphatic heterocycles. The highest BCUT2D eigenvalue weighted by molar-refractivity contribution is 6.29. The third-order valence-corrected chi connectivity index (χ3v) is 1.83. The molecule has 0 aliphatic rings. The summed E-state index contributed by atoms with van der Waals surface area (Å²) in [4.78, 5) is 19.2. The van der Waals surface area contributed by atoms with Crippen LogP contribution in [-0.2, 0) is 0 Å². The first-order chi connectivity index (χ1) is 6.77. The highest BCUT2D eigenvalue weighted by atomic mass is 35.5. The number of ketones is 1. The largest absolute Gasteiger partial charge is 0.285 e. The molecule has 2 heterocycles. The third kappa shape index (κ3) is 1.62. The van der Waals surface area contributed by atoms with Gasteiger partial charge in [0, 0.05) is 11.8 Å². The molecule has 14 heavy (non-hydrogen) atoms. The Hall–Kier alpha value is -1.75. The van der Waals surface area contributed by atoms with E-state index in [4.69, 9.17) is 11.6 Å². The third-order valence-electron chi connectivity index (χ3n) is 1.62. The van der Waals surface area contributed by atoms with Crippen LogP contribution in [-0.4, -0.2) is 25.9 Å². The molecule has 0 unspecified atom stereocenters. The van der Waals surface area contributed by atoms with Gasteiger partial charge in [-0.25, -0.2) is 9.97 Å². The zero-order valence-corrected chi connectivity index (χ0v) is 7.69. The minimum absolute atomic E-state index is 0.187. The second kappa shape index (κ2) is 3.55. The van der Waals surface area contributed by atoms with Crippen LogP contribution in [0, 0.1) is 0 Å². The molecule has 0 atom stereocenters. The van der Waals surface area contributed by atoms with Crippen molar-refractivity contribution in [2.24, 2.45) is 0 Å². The van der Waals surface area contributed by atoms with E-state index in [1.165, 1.54) is 18.6 Å². The second-order valence-corrected chi connectivity index (χ2v) is 2.92. The van der Waals surface area contributed by atoms with E-state index in [0.29, 0.717) is 5.56 Å². The van der Waals surface area contributed by atoms with Gasteiger partial charge in [0.2, 0.25) is 5.78 Å². The van der Waals surface area contributed by atoms with E-state index in [2.05, 4.69) is 20.2 Å². The molecule has 5 nitrogen and oxygen atoms in total. The van der Waals surface area contributed by atoms with Crippen molar-refractivity contribution >= 4 is 17.4 Å². The lowest BCUT2D eigenvalue weighted by molar-refractivity contribution is 0.102. The van der Waals surface area contributed by atoms with Crippen molar-refractivity contribution in [3.63, 3.8) is 0 Å². The van der Waals surface area contributed by atoms with Gasteiger partial charge in [-0.05, 0) is 12.1 Å².